The smallest absolute Gasteiger partial charge is 0.460 e. The average Bonchev–Trinajstić information content (AvgIpc) is 1.49. The second-order valence-electron chi connectivity index (χ2n) is 21.1. The summed E-state index contributed by atoms with van der Waals surface area (Å²) in [5.41, 5.74) is -0.198. The molecule has 1 N–H and O–H groups in total. The van der Waals surface area contributed by atoms with Crippen LogP contribution in [0.2, 0.25) is 0 Å². The number of benzene rings is 5. The maximum Gasteiger partial charge on any atom is 0.460 e. The molecular weight excluding hydrogens is 1270 g/mol. The molecule has 10 atom stereocenters. The monoisotopic (exact) mass is 1320 g/mol. The standard InChI is InChI=1S/C59H50F17NO14/c1-81-40(78)28-33-21-25-38(26-22-33)85-48-43(88-49-44-51(31-84-49,30-83-45(79)34-13-5-2-6-14-34)91-47(90-44)36-17-9-4-10-18-36)42(41-39(86-48)29-82-46(87-41)35-15-7-3-8-16-35)89-50(80)77-37-23-19-32(20-24-37)12-11-27-52(60,61)53(62,63)54(64,65)55(66,67)56(68,69)57(70,71)58(72,73)59(74,75)76/h2-10,13-26,39,41-44,46-49H,11-12,27-31H2,1H3,(H,77,80)/t39-,41-,42+,43-,44+,46-,47+,48-,49+,51-/m1/s1. The minimum absolute atomic E-state index is 0.106. The van der Waals surface area contributed by atoms with Crippen LogP contribution in [-0.4, -0.2) is 141 Å². The largest absolute Gasteiger partial charge is 0.469 e. The van der Waals surface area contributed by atoms with E-state index in [2.05, 4.69) is 5.32 Å². The second-order valence-corrected chi connectivity index (χ2v) is 21.1. The van der Waals surface area contributed by atoms with Crippen LogP contribution in [0.3, 0.4) is 0 Å². The minimum atomic E-state index is -8.74. The van der Waals surface area contributed by atoms with Crippen LogP contribution in [0.25, 0.3) is 0 Å². The zero-order valence-corrected chi connectivity index (χ0v) is 46.6. The van der Waals surface area contributed by atoms with Crippen molar-refractivity contribution in [2.75, 3.05) is 32.2 Å². The van der Waals surface area contributed by atoms with E-state index in [1.807, 2.05) is 0 Å². The van der Waals surface area contributed by atoms with Crippen LogP contribution in [0.5, 0.6) is 5.75 Å². The molecule has 494 valence electrons. The summed E-state index contributed by atoms with van der Waals surface area (Å²) in [6.07, 6.45) is -26.6. The molecule has 4 heterocycles. The van der Waals surface area contributed by atoms with Gasteiger partial charge in [-0.25, -0.2) is 9.59 Å². The highest BCUT2D eigenvalue weighted by atomic mass is 19.4. The number of alkyl halides is 17. The van der Waals surface area contributed by atoms with Gasteiger partial charge in [-0.3, -0.25) is 10.1 Å². The van der Waals surface area contributed by atoms with Crippen LogP contribution < -0.4 is 10.1 Å². The molecule has 0 saturated carbocycles. The van der Waals surface area contributed by atoms with E-state index in [-0.39, 0.29) is 42.2 Å². The quantitative estimate of drug-likeness (QED) is 0.0373. The Labute approximate surface area is 503 Å². The number of carbonyl (C=O) groups excluding carboxylic acids is 3. The Hall–Kier alpha value is -7.36. The number of amides is 1. The summed E-state index contributed by atoms with van der Waals surface area (Å²) in [7, 11) is 1.20. The summed E-state index contributed by atoms with van der Waals surface area (Å²) in [5, 5.41) is 2.39. The fourth-order valence-electron chi connectivity index (χ4n) is 9.98. The van der Waals surface area contributed by atoms with E-state index in [0.717, 1.165) is 24.3 Å². The van der Waals surface area contributed by atoms with Gasteiger partial charge in [0.25, 0.3) is 0 Å². The Morgan fingerprint density at radius 2 is 1.13 bits per heavy atom. The van der Waals surface area contributed by atoms with Gasteiger partial charge in [-0.15, -0.1) is 0 Å². The number of esters is 2. The lowest BCUT2D eigenvalue weighted by atomic mass is 9.87. The molecule has 0 radical (unpaired) electrons. The van der Waals surface area contributed by atoms with Crippen LogP contribution >= 0.6 is 0 Å². The molecule has 4 aliphatic heterocycles. The van der Waals surface area contributed by atoms with Crippen molar-refractivity contribution >= 4 is 23.7 Å². The predicted molar refractivity (Wildman–Crippen MR) is 275 cm³/mol. The topological polar surface area (TPSA) is 165 Å². The Morgan fingerprint density at radius 1 is 0.582 bits per heavy atom. The van der Waals surface area contributed by atoms with Crippen molar-refractivity contribution in [3.8, 4) is 5.75 Å². The zero-order chi connectivity index (χ0) is 66.2. The van der Waals surface area contributed by atoms with Crippen molar-refractivity contribution in [1.29, 1.82) is 0 Å². The Kier molecular flexibility index (Phi) is 19.4. The Bertz CT molecular complexity index is 3300. The molecule has 0 aromatic heterocycles. The molecule has 5 aromatic carbocycles. The van der Waals surface area contributed by atoms with Gasteiger partial charge in [0, 0.05) is 23.2 Å². The maximum atomic E-state index is 14.8. The highest BCUT2D eigenvalue weighted by Crippen LogP contribution is 2.64. The van der Waals surface area contributed by atoms with E-state index in [1.165, 1.54) is 31.4 Å². The molecule has 4 saturated heterocycles. The summed E-state index contributed by atoms with van der Waals surface area (Å²) in [6.45, 7) is -1.03. The SMILES string of the molecule is COC(=O)Cc1ccc(O[C@@H]2O[C@@H]3CO[C@@H](c4ccccc4)O[C@H]3[C@H](OC(=O)Nc3ccc(CCCC(F)(F)C(F)(F)C(F)(F)C(F)(F)C(F)(F)C(F)(F)C(F)(F)C(F)(F)F)cc3)[C@H]2O[C@@H]2OC[C@@]3(COC(=O)c4ccccc4)O[C@@H](c4ccccc4)O[C@@H]23)cc1. The molecular formula is C59H50F17NO14. The van der Waals surface area contributed by atoms with Crippen molar-refractivity contribution in [3.05, 3.63) is 167 Å². The first kappa shape index (κ1) is 68.0. The highest BCUT2D eigenvalue weighted by Gasteiger charge is 2.95. The number of nitrogens with one attached hydrogen (secondary N) is 1. The number of methoxy groups -OCH3 is 1. The van der Waals surface area contributed by atoms with Gasteiger partial charge in [-0.2, -0.15) is 74.6 Å². The number of aryl methyl sites for hydroxylation is 1. The van der Waals surface area contributed by atoms with Gasteiger partial charge >= 0.3 is 65.7 Å². The molecule has 91 heavy (non-hydrogen) atoms. The van der Waals surface area contributed by atoms with Crippen molar-refractivity contribution in [3.63, 3.8) is 0 Å². The number of halogens is 17. The van der Waals surface area contributed by atoms with Crippen molar-refractivity contribution in [2.24, 2.45) is 0 Å². The maximum absolute atomic E-state index is 14.8. The number of hydrogen-bond acceptors (Lipinski definition) is 14. The average molecular weight is 1320 g/mol. The third kappa shape index (κ3) is 13.3. The molecule has 0 unspecified atom stereocenters. The summed E-state index contributed by atoms with van der Waals surface area (Å²) in [6, 6.07) is 35.2. The number of carbonyl (C=O) groups is 3. The Balaban J connectivity index is 0.962. The normalized spacial score (nSPS) is 25.0. The lowest BCUT2D eigenvalue weighted by Gasteiger charge is -2.48. The summed E-state index contributed by atoms with van der Waals surface area (Å²) >= 11 is 0. The van der Waals surface area contributed by atoms with E-state index in [4.69, 9.17) is 52.1 Å². The number of hydrogen-bond donors (Lipinski definition) is 1. The van der Waals surface area contributed by atoms with E-state index in [1.54, 1.807) is 91.0 Å². The number of anilines is 1. The van der Waals surface area contributed by atoms with Crippen molar-refractivity contribution in [2.45, 2.75) is 135 Å². The molecule has 32 heteroatoms. The number of rotatable bonds is 23. The van der Waals surface area contributed by atoms with E-state index >= 15 is 0 Å². The molecule has 15 nitrogen and oxygen atoms in total. The van der Waals surface area contributed by atoms with Crippen molar-refractivity contribution in [1.82, 2.24) is 0 Å². The van der Waals surface area contributed by atoms with Crippen LogP contribution in [0.4, 0.5) is 85.1 Å². The van der Waals surface area contributed by atoms with Gasteiger partial charge in [0.1, 0.15) is 30.7 Å². The molecule has 0 aliphatic carbocycles. The number of ether oxygens (including phenoxy) is 11. The highest BCUT2D eigenvalue weighted by molar-refractivity contribution is 5.89. The lowest BCUT2D eigenvalue weighted by molar-refractivity contribution is -0.461. The van der Waals surface area contributed by atoms with E-state index in [9.17, 15) is 89.0 Å². The van der Waals surface area contributed by atoms with E-state index in [0.29, 0.717) is 16.7 Å². The molecule has 0 bridgehead atoms. The number of fused-ring (bicyclic) bond motifs is 2. The predicted octanol–water partition coefficient (Wildman–Crippen LogP) is 13.0. The van der Waals surface area contributed by atoms with Crippen LogP contribution in [0, 0.1) is 0 Å². The third-order valence-electron chi connectivity index (χ3n) is 15.0. The van der Waals surface area contributed by atoms with Crippen LogP contribution in [0.15, 0.2) is 140 Å². The van der Waals surface area contributed by atoms with Gasteiger partial charge in [0.2, 0.25) is 6.29 Å². The molecule has 9 rings (SSSR count). The molecule has 5 aromatic rings. The van der Waals surface area contributed by atoms with Crippen LogP contribution in [-0.2, 0) is 65.0 Å². The molecule has 4 aliphatic rings. The second kappa shape index (κ2) is 26.0. The molecule has 1 amide bonds. The Morgan fingerprint density at radius 3 is 1.71 bits per heavy atom. The van der Waals surface area contributed by atoms with Gasteiger partial charge < -0.3 is 52.1 Å². The zero-order valence-electron chi connectivity index (χ0n) is 46.6. The van der Waals surface area contributed by atoms with Gasteiger partial charge in [0.05, 0.1) is 32.3 Å². The first-order valence-electron chi connectivity index (χ1n) is 27.1. The third-order valence-corrected chi connectivity index (χ3v) is 15.0. The van der Waals surface area contributed by atoms with Gasteiger partial charge in [-0.05, 0) is 60.4 Å². The van der Waals surface area contributed by atoms with E-state index < -0.39 is 153 Å². The summed E-state index contributed by atoms with van der Waals surface area (Å²) in [4.78, 5) is 39.7. The van der Waals surface area contributed by atoms with Gasteiger partial charge in [0.15, 0.2) is 36.7 Å². The first-order chi connectivity index (χ1) is 42.7. The summed E-state index contributed by atoms with van der Waals surface area (Å²) < 4.78 is 304. The lowest BCUT2D eigenvalue weighted by Crippen LogP contribution is -2.74. The first-order valence-corrected chi connectivity index (χ1v) is 27.1. The molecule has 4 fully saturated rings. The summed E-state index contributed by atoms with van der Waals surface area (Å²) in [5.74, 6) is -58.3. The fourth-order valence-corrected chi connectivity index (χ4v) is 9.98. The molecule has 0 spiro atoms. The fraction of sp³-hybridized carbons (Fsp3) is 0.441. The van der Waals surface area contributed by atoms with Crippen molar-refractivity contribution < 1.29 is 141 Å². The van der Waals surface area contributed by atoms with Crippen LogP contribution in [0.1, 0.15) is 58.0 Å². The van der Waals surface area contributed by atoms with Gasteiger partial charge in [-0.1, -0.05) is 103 Å². The minimum Gasteiger partial charge on any atom is -0.469 e.